The van der Waals surface area contributed by atoms with E-state index in [1.165, 1.54) is 19.3 Å². The smallest absolute Gasteiger partial charge is 0.119 e. The van der Waals surface area contributed by atoms with Crippen molar-refractivity contribution in [2.75, 3.05) is 0 Å². The summed E-state index contributed by atoms with van der Waals surface area (Å²) in [6.45, 7) is 0. The zero-order valence-electron chi connectivity index (χ0n) is 9.02. The third-order valence-electron chi connectivity index (χ3n) is 3.15. The Bertz CT molecular complexity index is 341. The van der Waals surface area contributed by atoms with E-state index in [9.17, 15) is 5.11 Å². The molecule has 1 heteroatoms. The molecule has 0 saturated carbocycles. The number of phenolic OH excluding ortho intramolecular Hbond substituents is 1. The van der Waals surface area contributed by atoms with E-state index < -0.39 is 0 Å². The van der Waals surface area contributed by atoms with Crippen molar-refractivity contribution in [3.8, 4) is 5.75 Å². The molecule has 0 spiro atoms. The maximum absolute atomic E-state index is 9.81. The number of hydrogen-bond donors (Lipinski definition) is 1. The zero-order valence-corrected chi connectivity index (χ0v) is 9.02. The van der Waals surface area contributed by atoms with E-state index in [0.29, 0.717) is 11.7 Å². The Labute approximate surface area is 91.4 Å². The van der Waals surface area contributed by atoms with Crippen LogP contribution in [-0.4, -0.2) is 5.11 Å². The lowest BCUT2D eigenvalue weighted by molar-refractivity contribution is 0.449. The first kappa shape index (κ1) is 10.3. The minimum absolute atomic E-state index is 0.465. The van der Waals surface area contributed by atoms with Crippen molar-refractivity contribution in [1.29, 1.82) is 0 Å². The van der Waals surface area contributed by atoms with Gasteiger partial charge in [-0.2, -0.15) is 0 Å². The van der Waals surface area contributed by atoms with Crippen LogP contribution in [-0.2, 0) is 0 Å². The molecule has 0 heterocycles. The molecule has 1 aromatic rings. The summed E-state index contributed by atoms with van der Waals surface area (Å²) in [6.07, 6.45) is 10.5. The van der Waals surface area contributed by atoms with Crippen LogP contribution in [0.2, 0.25) is 0 Å². The summed E-state index contributed by atoms with van der Waals surface area (Å²) < 4.78 is 0. The topological polar surface area (TPSA) is 20.2 Å². The third-order valence-corrected chi connectivity index (χ3v) is 3.15. The molecular weight excluding hydrogens is 184 g/mol. The van der Waals surface area contributed by atoms with Crippen LogP contribution in [0, 0.1) is 0 Å². The first-order chi connectivity index (χ1) is 7.38. The zero-order chi connectivity index (χ0) is 10.5. The molecule has 1 aliphatic rings. The number of para-hydroxylation sites is 1. The molecule has 1 atom stereocenters. The second-order valence-electron chi connectivity index (χ2n) is 4.24. The van der Waals surface area contributed by atoms with E-state index in [4.69, 9.17) is 0 Å². The summed E-state index contributed by atoms with van der Waals surface area (Å²) >= 11 is 0. The highest BCUT2D eigenvalue weighted by molar-refractivity contribution is 5.34. The fourth-order valence-corrected chi connectivity index (χ4v) is 2.30. The van der Waals surface area contributed by atoms with Crippen LogP contribution >= 0.6 is 0 Å². The molecule has 2 rings (SSSR count). The molecule has 0 aliphatic heterocycles. The molecule has 0 fully saturated rings. The van der Waals surface area contributed by atoms with E-state index in [0.717, 1.165) is 18.4 Å². The normalized spacial score (nSPS) is 24.1. The number of phenols is 1. The molecule has 1 aliphatic carbocycles. The summed E-state index contributed by atoms with van der Waals surface area (Å²) in [5, 5.41) is 9.81. The highest BCUT2D eigenvalue weighted by Gasteiger charge is 2.14. The number of hydrogen-bond acceptors (Lipinski definition) is 1. The van der Waals surface area contributed by atoms with Crippen LogP contribution in [0.5, 0.6) is 5.75 Å². The average Bonchev–Trinajstić information content (AvgIpc) is 2.19. The molecule has 1 N–H and O–H groups in total. The summed E-state index contributed by atoms with van der Waals surface area (Å²) in [4.78, 5) is 0. The highest BCUT2D eigenvalue weighted by atomic mass is 16.3. The number of allylic oxidation sites excluding steroid dienone is 2. The Morgan fingerprint density at radius 2 is 1.80 bits per heavy atom. The first-order valence-electron chi connectivity index (χ1n) is 5.81. The van der Waals surface area contributed by atoms with E-state index in [1.54, 1.807) is 6.07 Å². The number of benzene rings is 1. The molecule has 1 aromatic carbocycles. The molecular formula is C14H18O. The SMILES string of the molecule is Oc1ccccc1C1CC/C=C\CCC1. The van der Waals surface area contributed by atoms with Gasteiger partial charge in [0.25, 0.3) is 0 Å². The summed E-state index contributed by atoms with van der Waals surface area (Å²) in [7, 11) is 0. The van der Waals surface area contributed by atoms with Gasteiger partial charge in [-0.1, -0.05) is 30.4 Å². The van der Waals surface area contributed by atoms with Crippen LogP contribution < -0.4 is 0 Å². The van der Waals surface area contributed by atoms with Gasteiger partial charge in [0.15, 0.2) is 0 Å². The molecule has 0 amide bonds. The van der Waals surface area contributed by atoms with E-state index in [-0.39, 0.29) is 0 Å². The Morgan fingerprint density at radius 3 is 2.67 bits per heavy atom. The van der Waals surface area contributed by atoms with Crippen molar-refractivity contribution < 1.29 is 5.11 Å². The summed E-state index contributed by atoms with van der Waals surface area (Å²) in [5.74, 6) is 1.00. The number of aromatic hydroxyl groups is 1. The van der Waals surface area contributed by atoms with E-state index in [2.05, 4.69) is 18.2 Å². The maximum atomic E-state index is 9.81. The fourth-order valence-electron chi connectivity index (χ4n) is 2.30. The minimum Gasteiger partial charge on any atom is -0.508 e. The summed E-state index contributed by atoms with van der Waals surface area (Å²) in [5.41, 5.74) is 1.13. The van der Waals surface area contributed by atoms with Crippen molar-refractivity contribution in [2.24, 2.45) is 0 Å². The largest absolute Gasteiger partial charge is 0.508 e. The van der Waals surface area contributed by atoms with Gasteiger partial charge >= 0.3 is 0 Å². The Balaban J connectivity index is 2.15. The lowest BCUT2D eigenvalue weighted by Gasteiger charge is -2.18. The second kappa shape index (κ2) is 5.01. The third kappa shape index (κ3) is 2.62. The van der Waals surface area contributed by atoms with Gasteiger partial charge < -0.3 is 5.11 Å². The Kier molecular flexibility index (Phi) is 3.44. The highest BCUT2D eigenvalue weighted by Crippen LogP contribution is 2.33. The van der Waals surface area contributed by atoms with Crippen molar-refractivity contribution in [3.63, 3.8) is 0 Å². The average molecular weight is 202 g/mol. The first-order valence-corrected chi connectivity index (χ1v) is 5.81. The molecule has 0 aromatic heterocycles. The predicted molar refractivity (Wildman–Crippen MR) is 63.1 cm³/mol. The molecule has 0 bridgehead atoms. The molecule has 15 heavy (non-hydrogen) atoms. The van der Waals surface area contributed by atoms with E-state index in [1.807, 2.05) is 12.1 Å². The van der Waals surface area contributed by atoms with Crippen molar-refractivity contribution in [1.82, 2.24) is 0 Å². The van der Waals surface area contributed by atoms with Crippen LogP contribution in [0.1, 0.15) is 43.6 Å². The van der Waals surface area contributed by atoms with Crippen LogP contribution in [0.4, 0.5) is 0 Å². The molecule has 1 nitrogen and oxygen atoms in total. The second-order valence-corrected chi connectivity index (χ2v) is 4.24. The van der Waals surface area contributed by atoms with Gasteiger partial charge in [-0.05, 0) is 49.7 Å². The monoisotopic (exact) mass is 202 g/mol. The number of rotatable bonds is 1. The summed E-state index contributed by atoms with van der Waals surface area (Å²) in [6, 6.07) is 7.76. The minimum atomic E-state index is 0.465. The lowest BCUT2D eigenvalue weighted by atomic mass is 9.87. The molecule has 0 radical (unpaired) electrons. The quantitative estimate of drug-likeness (QED) is 0.682. The Morgan fingerprint density at radius 1 is 1.00 bits per heavy atom. The van der Waals surface area contributed by atoms with Crippen LogP contribution in [0.25, 0.3) is 0 Å². The maximum Gasteiger partial charge on any atom is 0.119 e. The van der Waals surface area contributed by atoms with Gasteiger partial charge in [0.1, 0.15) is 5.75 Å². The fraction of sp³-hybridized carbons (Fsp3) is 0.429. The van der Waals surface area contributed by atoms with Gasteiger partial charge in [-0.15, -0.1) is 0 Å². The van der Waals surface area contributed by atoms with Crippen LogP contribution in [0.15, 0.2) is 36.4 Å². The van der Waals surface area contributed by atoms with Crippen LogP contribution in [0.3, 0.4) is 0 Å². The predicted octanol–water partition coefficient (Wildman–Crippen LogP) is 4.00. The van der Waals surface area contributed by atoms with Crippen molar-refractivity contribution in [3.05, 3.63) is 42.0 Å². The van der Waals surface area contributed by atoms with Crippen molar-refractivity contribution >= 4 is 0 Å². The van der Waals surface area contributed by atoms with Gasteiger partial charge in [0.05, 0.1) is 0 Å². The van der Waals surface area contributed by atoms with Gasteiger partial charge in [-0.3, -0.25) is 0 Å². The molecule has 80 valence electrons. The van der Waals surface area contributed by atoms with Gasteiger partial charge in [-0.25, -0.2) is 0 Å². The van der Waals surface area contributed by atoms with Gasteiger partial charge in [0.2, 0.25) is 0 Å². The standard InChI is InChI=1S/C14H18O/c15-14-11-7-6-10-13(14)12-8-4-2-1-3-5-9-12/h1-2,6-7,10-12,15H,3-5,8-9H2/b2-1-. The molecule has 1 unspecified atom stereocenters. The van der Waals surface area contributed by atoms with Crippen molar-refractivity contribution in [2.45, 2.75) is 38.0 Å². The van der Waals surface area contributed by atoms with Gasteiger partial charge in [0, 0.05) is 0 Å². The Hall–Kier alpha value is -1.24. The molecule has 0 saturated heterocycles. The van der Waals surface area contributed by atoms with E-state index >= 15 is 0 Å². The lowest BCUT2D eigenvalue weighted by Crippen LogP contribution is -2.00.